The average molecular weight is 308 g/mol. The molecule has 2 saturated heterocycles. The van der Waals surface area contributed by atoms with Gasteiger partial charge in [-0.1, -0.05) is 0 Å². The first-order valence-electron chi connectivity index (χ1n) is 7.51. The number of amides is 1. The minimum atomic E-state index is -0.966. The van der Waals surface area contributed by atoms with E-state index in [-0.39, 0.29) is 10.8 Å². The molecule has 0 aliphatic carbocycles. The van der Waals surface area contributed by atoms with E-state index >= 15 is 0 Å². The van der Waals surface area contributed by atoms with Crippen LogP contribution >= 0.6 is 11.3 Å². The number of carbonyl (C=O) groups is 2. The van der Waals surface area contributed by atoms with Crippen molar-refractivity contribution >= 4 is 23.2 Å². The minimum absolute atomic E-state index is 0.0210. The number of rotatable bonds is 3. The highest BCUT2D eigenvalue weighted by molar-refractivity contribution is 7.15. The number of hydrogen-bond acceptors (Lipinski definition) is 4. The number of carboxylic acid groups (broad SMARTS) is 1. The Labute approximate surface area is 128 Å². The van der Waals surface area contributed by atoms with Crippen LogP contribution in [-0.4, -0.2) is 59.0 Å². The van der Waals surface area contributed by atoms with Gasteiger partial charge in [0.15, 0.2) is 0 Å². The van der Waals surface area contributed by atoms with Gasteiger partial charge in [-0.3, -0.25) is 4.79 Å². The van der Waals surface area contributed by atoms with Crippen molar-refractivity contribution in [3.63, 3.8) is 0 Å². The van der Waals surface area contributed by atoms with Crippen LogP contribution in [0.15, 0.2) is 12.1 Å². The molecule has 0 bridgehead atoms. The van der Waals surface area contributed by atoms with E-state index in [1.54, 1.807) is 6.07 Å². The second kappa shape index (κ2) is 6.15. The molecule has 114 valence electrons. The van der Waals surface area contributed by atoms with Crippen LogP contribution in [0.3, 0.4) is 0 Å². The molecule has 1 aromatic heterocycles. The summed E-state index contributed by atoms with van der Waals surface area (Å²) in [6, 6.07) is 3.76. The number of thiophene rings is 1. The van der Waals surface area contributed by atoms with Crippen molar-refractivity contribution in [1.29, 1.82) is 0 Å². The van der Waals surface area contributed by atoms with Gasteiger partial charge in [-0.15, -0.1) is 11.3 Å². The first-order chi connectivity index (χ1) is 10.1. The van der Waals surface area contributed by atoms with E-state index in [9.17, 15) is 9.59 Å². The van der Waals surface area contributed by atoms with E-state index in [1.165, 1.54) is 32.0 Å². The smallest absolute Gasteiger partial charge is 0.345 e. The van der Waals surface area contributed by atoms with E-state index in [0.29, 0.717) is 10.9 Å². The zero-order chi connectivity index (χ0) is 14.8. The van der Waals surface area contributed by atoms with Crippen molar-refractivity contribution in [3.8, 4) is 0 Å². The Morgan fingerprint density at radius 1 is 1.05 bits per heavy atom. The summed E-state index contributed by atoms with van der Waals surface area (Å²) in [4.78, 5) is 28.5. The van der Waals surface area contributed by atoms with Crippen LogP contribution in [-0.2, 0) is 0 Å². The summed E-state index contributed by atoms with van der Waals surface area (Å²) in [5.41, 5.74) is 0. The molecular weight excluding hydrogens is 288 g/mol. The van der Waals surface area contributed by atoms with Crippen LogP contribution < -0.4 is 0 Å². The highest BCUT2D eigenvalue weighted by Crippen LogP contribution is 2.24. The molecule has 0 radical (unpaired) electrons. The van der Waals surface area contributed by atoms with Crippen molar-refractivity contribution in [2.45, 2.75) is 31.7 Å². The lowest BCUT2D eigenvalue weighted by molar-refractivity contribution is 0.0648. The summed E-state index contributed by atoms with van der Waals surface area (Å²) >= 11 is 1.07. The number of carboxylic acids is 1. The predicted octanol–water partition coefficient (Wildman–Crippen LogP) is 2.15. The number of nitrogens with zero attached hydrogens (tertiary/aromatic N) is 2. The van der Waals surface area contributed by atoms with Crippen LogP contribution in [0.25, 0.3) is 0 Å². The molecule has 5 nitrogen and oxygen atoms in total. The zero-order valence-corrected chi connectivity index (χ0v) is 12.8. The molecule has 2 aliphatic rings. The number of piperidine rings is 1. The number of aromatic carboxylic acids is 1. The molecule has 1 amide bonds. The minimum Gasteiger partial charge on any atom is -0.477 e. The molecule has 0 saturated carbocycles. The normalized spacial score (nSPS) is 20.9. The monoisotopic (exact) mass is 308 g/mol. The van der Waals surface area contributed by atoms with Crippen molar-refractivity contribution < 1.29 is 14.7 Å². The van der Waals surface area contributed by atoms with Gasteiger partial charge < -0.3 is 14.9 Å². The molecule has 0 unspecified atom stereocenters. The van der Waals surface area contributed by atoms with Gasteiger partial charge in [-0.2, -0.15) is 0 Å². The Kier molecular flexibility index (Phi) is 4.26. The van der Waals surface area contributed by atoms with E-state index < -0.39 is 5.97 Å². The fourth-order valence-corrected chi connectivity index (χ4v) is 4.08. The highest BCUT2D eigenvalue weighted by Gasteiger charge is 2.29. The molecule has 0 aromatic carbocycles. The van der Waals surface area contributed by atoms with Crippen molar-refractivity contribution in [2.24, 2.45) is 0 Å². The fourth-order valence-electron chi connectivity index (χ4n) is 3.26. The average Bonchev–Trinajstić information content (AvgIpc) is 3.18. The Balaban J connectivity index is 1.58. The first-order valence-corrected chi connectivity index (χ1v) is 8.33. The Morgan fingerprint density at radius 2 is 1.67 bits per heavy atom. The first kappa shape index (κ1) is 14.5. The number of hydrogen-bond donors (Lipinski definition) is 1. The van der Waals surface area contributed by atoms with Gasteiger partial charge >= 0.3 is 5.97 Å². The Hall–Kier alpha value is -1.40. The van der Waals surface area contributed by atoms with Gasteiger partial charge in [0.05, 0.1) is 4.88 Å². The summed E-state index contributed by atoms with van der Waals surface area (Å²) in [6.07, 6.45) is 4.66. The SMILES string of the molecule is O=C(O)c1ccc(C(=O)N2CCC(N3CCCC3)CC2)s1. The molecule has 2 fully saturated rings. The Bertz CT molecular complexity index is 529. The van der Waals surface area contributed by atoms with Crippen LogP contribution in [0.2, 0.25) is 0 Å². The summed E-state index contributed by atoms with van der Waals surface area (Å²) in [6.45, 7) is 3.96. The van der Waals surface area contributed by atoms with Crippen molar-refractivity contribution in [1.82, 2.24) is 9.80 Å². The van der Waals surface area contributed by atoms with Crippen molar-refractivity contribution in [2.75, 3.05) is 26.2 Å². The van der Waals surface area contributed by atoms with Crippen LogP contribution in [0.1, 0.15) is 45.0 Å². The third-order valence-electron chi connectivity index (χ3n) is 4.44. The quantitative estimate of drug-likeness (QED) is 0.929. The molecule has 6 heteroatoms. The topological polar surface area (TPSA) is 60.9 Å². The standard InChI is InChI=1S/C15H20N2O3S/c18-14(12-3-4-13(21-12)15(19)20)17-9-5-11(6-10-17)16-7-1-2-8-16/h3-4,11H,1-2,5-10H2,(H,19,20). The zero-order valence-electron chi connectivity index (χ0n) is 12.0. The third-order valence-corrected chi connectivity index (χ3v) is 5.50. The van der Waals surface area contributed by atoms with Gasteiger partial charge in [0.1, 0.15) is 4.88 Å². The highest BCUT2D eigenvalue weighted by atomic mass is 32.1. The van der Waals surface area contributed by atoms with E-state index in [4.69, 9.17) is 5.11 Å². The molecule has 1 N–H and O–H groups in total. The maximum atomic E-state index is 12.4. The molecule has 0 spiro atoms. The largest absolute Gasteiger partial charge is 0.477 e. The van der Waals surface area contributed by atoms with Crippen LogP contribution in [0.4, 0.5) is 0 Å². The number of carbonyl (C=O) groups excluding carboxylic acids is 1. The molecule has 1 aromatic rings. The van der Waals surface area contributed by atoms with Crippen molar-refractivity contribution in [3.05, 3.63) is 21.9 Å². The van der Waals surface area contributed by atoms with Gasteiger partial charge in [-0.25, -0.2) is 4.79 Å². The predicted molar refractivity (Wildman–Crippen MR) is 81.0 cm³/mol. The molecular formula is C15H20N2O3S. The van der Waals surface area contributed by atoms with Gasteiger partial charge in [0, 0.05) is 19.1 Å². The summed E-state index contributed by atoms with van der Waals surface area (Å²) in [5.74, 6) is -0.987. The molecule has 3 rings (SSSR count). The van der Waals surface area contributed by atoms with Gasteiger partial charge in [0.25, 0.3) is 5.91 Å². The molecule has 21 heavy (non-hydrogen) atoms. The van der Waals surface area contributed by atoms with E-state index in [0.717, 1.165) is 37.3 Å². The fraction of sp³-hybridized carbons (Fsp3) is 0.600. The second-order valence-electron chi connectivity index (χ2n) is 5.74. The van der Waals surface area contributed by atoms with Crippen LogP contribution in [0.5, 0.6) is 0 Å². The number of likely N-dealkylation sites (tertiary alicyclic amines) is 2. The van der Waals surface area contributed by atoms with Gasteiger partial charge in [-0.05, 0) is 50.9 Å². The maximum Gasteiger partial charge on any atom is 0.345 e. The second-order valence-corrected chi connectivity index (χ2v) is 6.82. The summed E-state index contributed by atoms with van der Waals surface area (Å²) in [5, 5.41) is 8.93. The Morgan fingerprint density at radius 3 is 2.24 bits per heavy atom. The van der Waals surface area contributed by atoms with Crippen LogP contribution in [0, 0.1) is 0 Å². The lowest BCUT2D eigenvalue weighted by Gasteiger charge is -2.36. The third kappa shape index (κ3) is 3.11. The van der Waals surface area contributed by atoms with E-state index in [2.05, 4.69) is 4.90 Å². The molecule has 3 heterocycles. The lowest BCUT2D eigenvalue weighted by atomic mass is 10.0. The lowest BCUT2D eigenvalue weighted by Crippen LogP contribution is -2.45. The molecule has 0 atom stereocenters. The summed E-state index contributed by atoms with van der Waals surface area (Å²) < 4.78 is 0. The van der Waals surface area contributed by atoms with Gasteiger partial charge in [0.2, 0.25) is 0 Å². The van der Waals surface area contributed by atoms with E-state index in [1.807, 2.05) is 4.90 Å². The summed E-state index contributed by atoms with van der Waals surface area (Å²) in [7, 11) is 0. The molecule has 2 aliphatic heterocycles. The maximum absolute atomic E-state index is 12.4.